The van der Waals surface area contributed by atoms with Gasteiger partial charge in [0.15, 0.2) is 0 Å². The maximum absolute atomic E-state index is 3.53. The molecule has 1 rings (SSSR count). The van der Waals surface area contributed by atoms with Crippen molar-refractivity contribution >= 4 is 39.0 Å². The molecule has 1 N–H and O–H groups in total. The summed E-state index contributed by atoms with van der Waals surface area (Å²) in [5.41, 5.74) is 0. The van der Waals surface area contributed by atoms with Crippen LogP contribution in [0.25, 0.3) is 0 Å². The molecule has 0 spiro atoms. The van der Waals surface area contributed by atoms with Crippen molar-refractivity contribution in [3.05, 3.63) is 20.8 Å². The van der Waals surface area contributed by atoms with Crippen LogP contribution in [0.2, 0.25) is 0 Å². The van der Waals surface area contributed by atoms with Gasteiger partial charge in [-0.2, -0.15) is 11.8 Å². The molecule has 1 nitrogen and oxygen atoms in total. The number of hydrogen-bond donors (Lipinski definition) is 1. The molecule has 1 atom stereocenters. The molecule has 0 aliphatic rings. The van der Waals surface area contributed by atoms with Crippen LogP contribution < -0.4 is 5.32 Å². The van der Waals surface area contributed by atoms with Gasteiger partial charge >= 0.3 is 0 Å². The normalized spacial score (nSPS) is 13.1. The molecule has 14 heavy (non-hydrogen) atoms. The summed E-state index contributed by atoms with van der Waals surface area (Å²) in [6, 6.07) is 2.10. The third-order valence-corrected chi connectivity index (χ3v) is 5.07. The fourth-order valence-corrected chi connectivity index (χ4v) is 2.89. The van der Waals surface area contributed by atoms with Crippen molar-refractivity contribution < 1.29 is 0 Å². The molecule has 0 amide bonds. The second-order valence-electron chi connectivity index (χ2n) is 3.20. The minimum Gasteiger partial charge on any atom is -0.312 e. The minimum atomic E-state index is 0.759. The van der Waals surface area contributed by atoms with Crippen molar-refractivity contribution in [1.29, 1.82) is 0 Å². The number of hydrogen-bond acceptors (Lipinski definition) is 3. The molecule has 0 fully saturated rings. The van der Waals surface area contributed by atoms with Crippen LogP contribution in [-0.4, -0.2) is 18.1 Å². The number of nitrogens with one attached hydrogen (secondary N) is 1. The predicted molar refractivity (Wildman–Crippen MR) is 71.3 cm³/mol. The molecule has 4 heteroatoms. The van der Waals surface area contributed by atoms with Crippen molar-refractivity contribution in [2.45, 2.75) is 25.1 Å². The molecule has 1 aromatic heterocycles. The van der Waals surface area contributed by atoms with Gasteiger partial charge in [-0.3, -0.25) is 0 Å². The summed E-state index contributed by atoms with van der Waals surface area (Å²) in [6.45, 7) is 4.36. The van der Waals surface area contributed by atoms with Crippen molar-refractivity contribution in [2.75, 3.05) is 12.8 Å². The van der Waals surface area contributed by atoms with Crippen LogP contribution in [-0.2, 0) is 6.54 Å². The van der Waals surface area contributed by atoms with E-state index in [1.807, 2.05) is 11.8 Å². The van der Waals surface area contributed by atoms with Crippen LogP contribution in [0.1, 0.15) is 18.2 Å². The standard InChI is InChI=1S/C10H16BrNS2/c1-8(13-2)3-5-12-7-10-9(11)4-6-14-10/h4,6,8,12H,3,5,7H2,1-2H3. The highest BCUT2D eigenvalue weighted by Gasteiger charge is 2.01. The second kappa shape index (κ2) is 6.88. The zero-order valence-electron chi connectivity index (χ0n) is 8.55. The van der Waals surface area contributed by atoms with E-state index in [0.717, 1.165) is 18.3 Å². The highest BCUT2D eigenvalue weighted by molar-refractivity contribution is 9.10. The Morgan fingerprint density at radius 1 is 1.64 bits per heavy atom. The molecule has 0 aliphatic carbocycles. The lowest BCUT2D eigenvalue weighted by atomic mass is 10.3. The lowest BCUT2D eigenvalue weighted by Crippen LogP contribution is -2.17. The summed E-state index contributed by atoms with van der Waals surface area (Å²) in [7, 11) is 0. The highest BCUT2D eigenvalue weighted by Crippen LogP contribution is 2.22. The molecule has 0 aliphatic heterocycles. The number of halogens is 1. The Morgan fingerprint density at radius 2 is 2.43 bits per heavy atom. The van der Waals surface area contributed by atoms with E-state index in [4.69, 9.17) is 0 Å². The van der Waals surface area contributed by atoms with Gasteiger partial charge in [0.2, 0.25) is 0 Å². The molecule has 0 radical (unpaired) electrons. The smallest absolute Gasteiger partial charge is 0.0327 e. The van der Waals surface area contributed by atoms with Gasteiger partial charge in [0, 0.05) is 21.1 Å². The van der Waals surface area contributed by atoms with Crippen molar-refractivity contribution in [2.24, 2.45) is 0 Å². The van der Waals surface area contributed by atoms with Crippen LogP contribution >= 0.6 is 39.0 Å². The van der Waals surface area contributed by atoms with E-state index in [0.29, 0.717) is 0 Å². The van der Waals surface area contributed by atoms with E-state index in [-0.39, 0.29) is 0 Å². The highest BCUT2D eigenvalue weighted by atomic mass is 79.9. The summed E-state index contributed by atoms with van der Waals surface area (Å²) in [5, 5.41) is 6.34. The Bertz CT molecular complexity index is 262. The van der Waals surface area contributed by atoms with Crippen LogP contribution in [0.5, 0.6) is 0 Å². The molecule has 1 aromatic rings. The van der Waals surface area contributed by atoms with Crippen LogP contribution in [0, 0.1) is 0 Å². The van der Waals surface area contributed by atoms with Gasteiger partial charge in [0.05, 0.1) is 0 Å². The summed E-state index contributed by atoms with van der Waals surface area (Å²) in [4.78, 5) is 1.39. The fraction of sp³-hybridized carbons (Fsp3) is 0.600. The Kier molecular flexibility index (Phi) is 6.17. The average molecular weight is 294 g/mol. The SMILES string of the molecule is CSC(C)CCNCc1sccc1Br. The summed E-state index contributed by atoms with van der Waals surface area (Å²) in [6.07, 6.45) is 3.41. The van der Waals surface area contributed by atoms with E-state index in [1.165, 1.54) is 15.8 Å². The van der Waals surface area contributed by atoms with Crippen molar-refractivity contribution in [3.8, 4) is 0 Å². The number of rotatable bonds is 6. The Balaban J connectivity index is 2.13. The fourth-order valence-electron chi connectivity index (χ4n) is 1.08. The first-order chi connectivity index (χ1) is 6.74. The second-order valence-corrected chi connectivity index (χ2v) is 6.33. The Labute approximate surface area is 103 Å². The van der Waals surface area contributed by atoms with Crippen molar-refractivity contribution in [1.82, 2.24) is 5.32 Å². The lowest BCUT2D eigenvalue weighted by Gasteiger charge is -2.08. The van der Waals surface area contributed by atoms with Crippen molar-refractivity contribution in [3.63, 3.8) is 0 Å². The first-order valence-corrected chi connectivity index (χ1v) is 7.65. The Morgan fingerprint density at radius 3 is 3.00 bits per heavy atom. The lowest BCUT2D eigenvalue weighted by molar-refractivity contribution is 0.652. The monoisotopic (exact) mass is 293 g/mol. The van der Waals surface area contributed by atoms with E-state index in [9.17, 15) is 0 Å². The minimum absolute atomic E-state index is 0.759. The molecular formula is C10H16BrNS2. The zero-order valence-corrected chi connectivity index (χ0v) is 11.8. The summed E-state index contributed by atoms with van der Waals surface area (Å²) < 4.78 is 1.23. The van der Waals surface area contributed by atoms with Gasteiger partial charge < -0.3 is 5.32 Å². The average Bonchev–Trinajstić information content (AvgIpc) is 2.58. The maximum Gasteiger partial charge on any atom is 0.0327 e. The molecule has 0 aromatic carbocycles. The Hall–Kier alpha value is 0.490. The molecule has 0 saturated carbocycles. The molecular weight excluding hydrogens is 278 g/mol. The summed E-state index contributed by atoms with van der Waals surface area (Å²) in [5.74, 6) is 0. The molecule has 1 unspecified atom stereocenters. The topological polar surface area (TPSA) is 12.0 Å². The van der Waals surface area contributed by atoms with E-state index >= 15 is 0 Å². The molecule has 0 bridgehead atoms. The van der Waals surface area contributed by atoms with E-state index in [1.54, 1.807) is 11.3 Å². The first-order valence-electron chi connectivity index (χ1n) is 4.69. The largest absolute Gasteiger partial charge is 0.312 e. The quantitative estimate of drug-likeness (QED) is 0.802. The van der Waals surface area contributed by atoms with Gasteiger partial charge in [-0.1, -0.05) is 6.92 Å². The van der Waals surface area contributed by atoms with Gasteiger partial charge in [-0.05, 0) is 46.6 Å². The number of thiophene rings is 1. The van der Waals surface area contributed by atoms with Crippen LogP contribution in [0.15, 0.2) is 15.9 Å². The van der Waals surface area contributed by atoms with Crippen LogP contribution in [0.4, 0.5) is 0 Å². The van der Waals surface area contributed by atoms with Gasteiger partial charge in [-0.15, -0.1) is 11.3 Å². The zero-order chi connectivity index (χ0) is 10.4. The molecule has 0 saturated heterocycles. The third-order valence-electron chi connectivity index (χ3n) is 2.11. The molecule has 1 heterocycles. The van der Waals surface area contributed by atoms with Gasteiger partial charge in [-0.25, -0.2) is 0 Å². The van der Waals surface area contributed by atoms with Gasteiger partial charge in [0.25, 0.3) is 0 Å². The maximum atomic E-state index is 3.53. The van der Waals surface area contributed by atoms with Gasteiger partial charge in [0.1, 0.15) is 0 Å². The molecule has 80 valence electrons. The van der Waals surface area contributed by atoms with Crippen LogP contribution in [0.3, 0.4) is 0 Å². The number of thioether (sulfide) groups is 1. The summed E-state index contributed by atoms with van der Waals surface area (Å²) >= 11 is 7.26. The van der Waals surface area contributed by atoms with E-state index < -0.39 is 0 Å². The third kappa shape index (κ3) is 4.34. The predicted octanol–water partition coefficient (Wildman–Crippen LogP) is 3.74. The first kappa shape index (κ1) is 12.6. The van der Waals surface area contributed by atoms with E-state index in [2.05, 4.69) is 45.9 Å².